The predicted molar refractivity (Wildman–Crippen MR) is 101 cm³/mol. The van der Waals surface area contributed by atoms with E-state index in [-0.39, 0.29) is 31.1 Å². The van der Waals surface area contributed by atoms with Crippen molar-refractivity contribution in [2.45, 2.75) is 6.42 Å². The summed E-state index contributed by atoms with van der Waals surface area (Å²) in [7, 11) is 1.56. The van der Waals surface area contributed by atoms with E-state index in [4.69, 9.17) is 14.2 Å². The number of ketones is 1. The summed E-state index contributed by atoms with van der Waals surface area (Å²) in [6.45, 7) is -0.336. The van der Waals surface area contributed by atoms with Gasteiger partial charge in [-0.05, 0) is 35.9 Å². The predicted octanol–water partition coefficient (Wildman–Crippen LogP) is 0.946. The maximum atomic E-state index is 12.5. The van der Waals surface area contributed by atoms with Crippen LogP contribution in [0.5, 0.6) is 17.2 Å². The fourth-order valence-corrected chi connectivity index (χ4v) is 2.64. The molecule has 0 atom stereocenters. The zero-order valence-electron chi connectivity index (χ0n) is 15.6. The number of carboxylic acids is 1. The number of carbonyl (C=O) groups excluding carboxylic acids is 3. The van der Waals surface area contributed by atoms with Gasteiger partial charge in [0.1, 0.15) is 17.2 Å². The minimum Gasteiger partial charge on any atom is -0.550 e. The Morgan fingerprint density at radius 1 is 1.17 bits per heavy atom. The van der Waals surface area contributed by atoms with Gasteiger partial charge < -0.3 is 29.4 Å². The zero-order chi connectivity index (χ0) is 20.8. The Hall–Kier alpha value is -3.81. The van der Waals surface area contributed by atoms with Gasteiger partial charge in [0.25, 0.3) is 5.91 Å². The van der Waals surface area contributed by atoms with Gasteiger partial charge in [0.15, 0.2) is 12.4 Å². The molecular formula is C21H18NO7-. The van der Waals surface area contributed by atoms with E-state index < -0.39 is 11.9 Å². The first-order chi connectivity index (χ1) is 14.0. The topological polar surface area (TPSA) is 114 Å². The number of Topliss-reactive ketones (excluding diaryl/α,β-unsaturated/α-hetero) is 1. The third-order valence-corrected chi connectivity index (χ3v) is 4.05. The standard InChI is InChI=1S/C21H19NO7/c1-27-14-4-2-3-13(9-14)10-18-21(26)16-6-5-15(11-17(16)29-18)28-12-19(23)22-8-7-20(24)25/h2-6,9-11H,7-8,12H2,1H3,(H,22,23)(H,24,25)/p-1/b18-10-. The van der Waals surface area contributed by atoms with Gasteiger partial charge in [-0.25, -0.2) is 0 Å². The van der Waals surface area contributed by atoms with Crippen LogP contribution in [0, 0.1) is 0 Å². The molecule has 1 heterocycles. The van der Waals surface area contributed by atoms with Gasteiger partial charge in [0, 0.05) is 25.0 Å². The summed E-state index contributed by atoms with van der Waals surface area (Å²) < 4.78 is 16.2. The molecule has 29 heavy (non-hydrogen) atoms. The van der Waals surface area contributed by atoms with Crippen LogP contribution in [0.3, 0.4) is 0 Å². The van der Waals surface area contributed by atoms with Crippen LogP contribution in [-0.4, -0.2) is 37.9 Å². The van der Waals surface area contributed by atoms with Gasteiger partial charge in [-0.1, -0.05) is 12.1 Å². The quantitative estimate of drug-likeness (QED) is 0.661. The smallest absolute Gasteiger partial charge is 0.257 e. The van der Waals surface area contributed by atoms with Crippen molar-refractivity contribution in [3.8, 4) is 17.2 Å². The second kappa shape index (κ2) is 8.92. The van der Waals surface area contributed by atoms with Gasteiger partial charge in [0.2, 0.25) is 5.78 Å². The van der Waals surface area contributed by atoms with Gasteiger partial charge >= 0.3 is 0 Å². The lowest BCUT2D eigenvalue weighted by molar-refractivity contribution is -0.305. The molecule has 8 heteroatoms. The molecule has 1 aliphatic rings. The highest BCUT2D eigenvalue weighted by Crippen LogP contribution is 2.35. The molecule has 0 unspecified atom stereocenters. The third-order valence-electron chi connectivity index (χ3n) is 4.05. The highest BCUT2D eigenvalue weighted by molar-refractivity contribution is 6.14. The van der Waals surface area contributed by atoms with E-state index in [0.717, 1.165) is 5.56 Å². The molecule has 0 bridgehead atoms. The van der Waals surface area contributed by atoms with Crippen molar-refractivity contribution in [1.29, 1.82) is 0 Å². The summed E-state index contributed by atoms with van der Waals surface area (Å²) in [5.41, 5.74) is 1.15. The number of fused-ring (bicyclic) bond motifs is 1. The maximum Gasteiger partial charge on any atom is 0.257 e. The van der Waals surface area contributed by atoms with E-state index in [2.05, 4.69) is 5.32 Å². The number of allylic oxidation sites excluding steroid dienone is 1. The molecule has 1 N–H and O–H groups in total. The Morgan fingerprint density at radius 3 is 2.76 bits per heavy atom. The number of aliphatic carboxylic acids is 1. The van der Waals surface area contributed by atoms with Crippen LogP contribution in [0.2, 0.25) is 0 Å². The molecule has 3 rings (SSSR count). The van der Waals surface area contributed by atoms with E-state index in [9.17, 15) is 19.5 Å². The number of nitrogens with one attached hydrogen (secondary N) is 1. The zero-order valence-corrected chi connectivity index (χ0v) is 15.6. The van der Waals surface area contributed by atoms with Crippen LogP contribution >= 0.6 is 0 Å². The SMILES string of the molecule is COc1cccc(/C=C2\Oc3cc(OCC(=O)NCCC(=O)[O-])ccc3C2=O)c1. The highest BCUT2D eigenvalue weighted by Gasteiger charge is 2.27. The molecule has 0 aliphatic carbocycles. The summed E-state index contributed by atoms with van der Waals surface area (Å²) in [6.07, 6.45) is 1.35. The molecule has 150 valence electrons. The Bertz CT molecular complexity index is 981. The summed E-state index contributed by atoms with van der Waals surface area (Å²) in [5, 5.41) is 12.7. The first-order valence-corrected chi connectivity index (χ1v) is 8.78. The second-order valence-corrected chi connectivity index (χ2v) is 6.13. The maximum absolute atomic E-state index is 12.5. The van der Waals surface area contributed by atoms with Crippen molar-refractivity contribution in [3.63, 3.8) is 0 Å². The van der Waals surface area contributed by atoms with E-state index in [0.29, 0.717) is 22.8 Å². The van der Waals surface area contributed by atoms with E-state index >= 15 is 0 Å². The molecule has 0 spiro atoms. The monoisotopic (exact) mass is 396 g/mol. The summed E-state index contributed by atoms with van der Waals surface area (Å²) in [5.74, 6) is -0.462. The number of carbonyl (C=O) groups is 3. The fraction of sp³-hybridized carbons (Fsp3) is 0.190. The van der Waals surface area contributed by atoms with Gasteiger partial charge in [-0.2, -0.15) is 0 Å². The Balaban J connectivity index is 1.64. The van der Waals surface area contributed by atoms with Crippen LogP contribution in [0.4, 0.5) is 0 Å². The van der Waals surface area contributed by atoms with Crippen LogP contribution in [0.15, 0.2) is 48.2 Å². The number of benzene rings is 2. The average Bonchev–Trinajstić information content (AvgIpc) is 3.01. The lowest BCUT2D eigenvalue weighted by Crippen LogP contribution is -2.33. The number of carboxylic acid groups (broad SMARTS) is 1. The number of hydrogen-bond acceptors (Lipinski definition) is 7. The largest absolute Gasteiger partial charge is 0.550 e. The Labute approximate surface area is 166 Å². The minimum atomic E-state index is -1.25. The van der Waals surface area contributed by atoms with Crippen LogP contribution < -0.4 is 24.6 Å². The van der Waals surface area contributed by atoms with Crippen LogP contribution in [0.25, 0.3) is 6.08 Å². The summed E-state index contributed by atoms with van der Waals surface area (Å²) in [6, 6.07) is 11.8. The molecule has 1 amide bonds. The fourth-order valence-electron chi connectivity index (χ4n) is 2.64. The average molecular weight is 396 g/mol. The lowest BCUT2D eigenvalue weighted by Gasteiger charge is -2.08. The van der Waals surface area contributed by atoms with Crippen molar-refractivity contribution >= 4 is 23.7 Å². The van der Waals surface area contributed by atoms with Gasteiger partial charge in [0.05, 0.1) is 12.7 Å². The van der Waals surface area contributed by atoms with Crippen molar-refractivity contribution in [2.24, 2.45) is 0 Å². The number of rotatable bonds is 8. The minimum absolute atomic E-state index is 0.0370. The Morgan fingerprint density at radius 2 is 2.00 bits per heavy atom. The van der Waals surface area contributed by atoms with E-state index in [1.807, 2.05) is 12.1 Å². The van der Waals surface area contributed by atoms with Crippen molar-refractivity contribution in [2.75, 3.05) is 20.3 Å². The van der Waals surface area contributed by atoms with Crippen molar-refractivity contribution in [3.05, 3.63) is 59.4 Å². The lowest BCUT2D eigenvalue weighted by atomic mass is 10.1. The molecule has 1 aliphatic heterocycles. The summed E-state index contributed by atoms with van der Waals surface area (Å²) >= 11 is 0. The van der Waals surface area contributed by atoms with E-state index in [1.165, 1.54) is 6.07 Å². The highest BCUT2D eigenvalue weighted by atomic mass is 16.5. The van der Waals surface area contributed by atoms with Crippen molar-refractivity contribution < 1.29 is 33.7 Å². The normalized spacial score (nSPS) is 13.6. The molecule has 2 aromatic carbocycles. The van der Waals surface area contributed by atoms with Crippen LogP contribution in [-0.2, 0) is 9.59 Å². The van der Waals surface area contributed by atoms with Gasteiger partial charge in [-0.3, -0.25) is 9.59 Å². The van der Waals surface area contributed by atoms with Gasteiger partial charge in [-0.15, -0.1) is 0 Å². The molecule has 8 nitrogen and oxygen atoms in total. The molecule has 0 radical (unpaired) electrons. The molecule has 0 aromatic heterocycles. The number of hydrogen-bond donors (Lipinski definition) is 1. The Kier molecular flexibility index (Phi) is 6.13. The molecule has 2 aromatic rings. The summed E-state index contributed by atoms with van der Waals surface area (Å²) in [4.78, 5) is 34.5. The molecule has 0 fully saturated rings. The van der Waals surface area contributed by atoms with Crippen molar-refractivity contribution in [1.82, 2.24) is 5.32 Å². The molecule has 0 saturated carbocycles. The molecular weight excluding hydrogens is 378 g/mol. The van der Waals surface area contributed by atoms with E-state index in [1.54, 1.807) is 37.5 Å². The number of ether oxygens (including phenoxy) is 3. The first-order valence-electron chi connectivity index (χ1n) is 8.78. The number of methoxy groups -OCH3 is 1. The first kappa shape index (κ1) is 19.9. The van der Waals surface area contributed by atoms with Crippen LogP contribution in [0.1, 0.15) is 22.3 Å². The third kappa shape index (κ3) is 5.13. The number of amides is 1. The molecule has 0 saturated heterocycles. The second-order valence-electron chi connectivity index (χ2n) is 6.13.